The van der Waals surface area contributed by atoms with Gasteiger partial charge in [-0.2, -0.15) is 0 Å². The first-order chi connectivity index (χ1) is 36.7. The summed E-state index contributed by atoms with van der Waals surface area (Å²) in [6.45, 7) is 9.27. The Labute approximate surface area is 445 Å². The number of hydrogen-bond donors (Lipinski definition) is 0. The van der Waals surface area contributed by atoms with Crippen LogP contribution in [0.15, 0.2) is 209 Å². The lowest BCUT2D eigenvalue weighted by Gasteiger charge is -2.21. The predicted octanol–water partition coefficient (Wildman–Crippen LogP) is 17.2. The predicted molar refractivity (Wildman–Crippen MR) is 311 cm³/mol. The molecular formula is C66H45IN6O2. The van der Waals surface area contributed by atoms with Crippen LogP contribution in [-0.4, -0.2) is 29.1 Å². The van der Waals surface area contributed by atoms with Crippen molar-refractivity contribution >= 4 is 88.5 Å². The third-order valence-electron chi connectivity index (χ3n) is 15.7. The zero-order chi connectivity index (χ0) is 50.3. The van der Waals surface area contributed by atoms with Gasteiger partial charge in [0.1, 0.15) is 28.0 Å². The van der Waals surface area contributed by atoms with E-state index in [1.54, 1.807) is 0 Å². The first kappa shape index (κ1) is 43.9. The molecule has 0 saturated carbocycles. The Morgan fingerprint density at radius 3 is 1.36 bits per heavy atom. The first-order valence-corrected chi connectivity index (χ1v) is 26.4. The van der Waals surface area contributed by atoms with Gasteiger partial charge in [0.2, 0.25) is 11.9 Å². The second kappa shape index (κ2) is 16.2. The molecule has 0 aliphatic heterocycles. The van der Waals surface area contributed by atoms with E-state index in [9.17, 15) is 0 Å². The lowest BCUT2D eigenvalue weighted by atomic mass is 9.81. The topological polar surface area (TPSA) is 87.7 Å². The highest BCUT2D eigenvalue weighted by Crippen LogP contribution is 2.55. The van der Waals surface area contributed by atoms with E-state index < -0.39 is 0 Å². The Morgan fingerprint density at radius 1 is 0.387 bits per heavy atom. The molecule has 0 spiro atoms. The SMILES string of the molecule is CC1(C)c2ccccc2-c2c1c1ccccc1n2-c1nc(-c2ccccc2)c2oc3c(I)cccc3c2n1.CC1(C)c2ccccc2-c2c1c1ccccc1n2-c1nc(-c2ccccc2)c2oc3ccccc3c2n1. The van der Waals surface area contributed by atoms with Crippen molar-refractivity contribution in [1.29, 1.82) is 0 Å². The maximum absolute atomic E-state index is 6.47. The van der Waals surface area contributed by atoms with Crippen LogP contribution in [0.4, 0.5) is 0 Å². The molecule has 0 amide bonds. The van der Waals surface area contributed by atoms with Crippen LogP contribution in [0.1, 0.15) is 49.9 Å². The molecule has 75 heavy (non-hydrogen) atoms. The van der Waals surface area contributed by atoms with E-state index in [4.69, 9.17) is 28.8 Å². The highest BCUT2D eigenvalue weighted by molar-refractivity contribution is 14.1. The van der Waals surface area contributed by atoms with Crippen molar-refractivity contribution in [2.24, 2.45) is 0 Å². The van der Waals surface area contributed by atoms with Crippen LogP contribution in [0.2, 0.25) is 0 Å². The molecule has 0 fully saturated rings. The van der Waals surface area contributed by atoms with Crippen molar-refractivity contribution in [2.75, 3.05) is 0 Å². The maximum Gasteiger partial charge on any atom is 0.236 e. The molecule has 0 N–H and O–H groups in total. The van der Waals surface area contributed by atoms with E-state index in [0.717, 1.165) is 70.1 Å². The zero-order valence-electron chi connectivity index (χ0n) is 41.4. The molecule has 8 nitrogen and oxygen atoms in total. The molecule has 0 unspecified atom stereocenters. The van der Waals surface area contributed by atoms with Gasteiger partial charge in [-0.25, -0.2) is 19.9 Å². The summed E-state index contributed by atoms with van der Waals surface area (Å²) in [6, 6.07) is 69.5. The average Bonchev–Trinajstić information content (AvgIpc) is 4.29. The van der Waals surface area contributed by atoms with E-state index in [-0.39, 0.29) is 10.8 Å². The van der Waals surface area contributed by atoms with Gasteiger partial charge < -0.3 is 8.83 Å². The van der Waals surface area contributed by atoms with Crippen molar-refractivity contribution in [3.8, 4) is 56.9 Å². The van der Waals surface area contributed by atoms with Crippen LogP contribution >= 0.6 is 22.6 Å². The quantitative estimate of drug-likeness (QED) is 0.163. The van der Waals surface area contributed by atoms with Crippen LogP contribution in [0.25, 0.3) is 123 Å². The van der Waals surface area contributed by atoms with Gasteiger partial charge in [-0.1, -0.05) is 191 Å². The number of benzene rings is 8. The lowest BCUT2D eigenvalue weighted by molar-refractivity contribution is 0.663. The largest absolute Gasteiger partial charge is 0.452 e. The molecule has 2 aliphatic carbocycles. The van der Waals surface area contributed by atoms with Gasteiger partial charge in [-0.05, 0) is 81.2 Å². The van der Waals surface area contributed by atoms with Crippen molar-refractivity contribution in [3.63, 3.8) is 0 Å². The summed E-state index contributed by atoms with van der Waals surface area (Å²) < 4.78 is 18.4. The van der Waals surface area contributed by atoms with E-state index in [0.29, 0.717) is 23.1 Å². The molecule has 0 radical (unpaired) electrons. The lowest BCUT2D eigenvalue weighted by Crippen LogP contribution is -2.14. The monoisotopic (exact) mass is 1080 g/mol. The van der Waals surface area contributed by atoms with E-state index in [2.05, 4.69) is 205 Å². The van der Waals surface area contributed by atoms with Crippen molar-refractivity contribution < 1.29 is 8.83 Å². The number of fused-ring (bicyclic) bond motifs is 16. The molecular weight excluding hydrogens is 1040 g/mol. The number of nitrogens with zero attached hydrogens (tertiary/aromatic N) is 6. The fraction of sp³-hybridized carbons (Fsp3) is 0.0909. The summed E-state index contributed by atoms with van der Waals surface area (Å²) in [7, 11) is 0. The molecule has 0 saturated heterocycles. The van der Waals surface area contributed by atoms with Gasteiger partial charge >= 0.3 is 0 Å². The number of hydrogen-bond acceptors (Lipinski definition) is 6. The molecule has 358 valence electrons. The number of halogens is 1. The molecule has 16 rings (SSSR count). The highest BCUT2D eigenvalue weighted by atomic mass is 127. The van der Waals surface area contributed by atoms with E-state index in [1.807, 2.05) is 54.6 Å². The summed E-state index contributed by atoms with van der Waals surface area (Å²) in [6.07, 6.45) is 0. The minimum atomic E-state index is -0.137. The Bertz CT molecular complexity index is 4680. The van der Waals surface area contributed by atoms with Crippen LogP contribution in [0.5, 0.6) is 0 Å². The molecule has 2 aliphatic rings. The third-order valence-corrected chi connectivity index (χ3v) is 16.5. The van der Waals surface area contributed by atoms with Gasteiger partial charge in [0.25, 0.3) is 0 Å². The number of aromatic nitrogens is 6. The van der Waals surface area contributed by atoms with Crippen LogP contribution in [0.3, 0.4) is 0 Å². The average molecular weight is 1080 g/mol. The molecule has 8 aromatic carbocycles. The second-order valence-corrected chi connectivity index (χ2v) is 21.8. The molecule has 0 atom stereocenters. The molecule has 0 bridgehead atoms. The van der Waals surface area contributed by atoms with Crippen molar-refractivity contribution in [1.82, 2.24) is 29.1 Å². The number of furan rings is 2. The minimum absolute atomic E-state index is 0.133. The zero-order valence-corrected chi connectivity index (χ0v) is 43.6. The second-order valence-electron chi connectivity index (χ2n) is 20.6. The molecule has 9 heteroatoms. The van der Waals surface area contributed by atoms with Crippen molar-refractivity contribution in [2.45, 2.75) is 38.5 Å². The minimum Gasteiger partial charge on any atom is -0.452 e. The molecule has 14 aromatic rings. The Hall–Kier alpha value is -8.67. The summed E-state index contributed by atoms with van der Waals surface area (Å²) in [4.78, 5) is 20.9. The van der Waals surface area contributed by atoms with Gasteiger partial charge in [-0.3, -0.25) is 9.13 Å². The Kier molecular flexibility index (Phi) is 9.45. The molecule has 6 aromatic heterocycles. The van der Waals surface area contributed by atoms with E-state index in [1.165, 1.54) is 55.5 Å². The summed E-state index contributed by atoms with van der Waals surface area (Å²) in [5.41, 5.74) is 20.4. The van der Waals surface area contributed by atoms with Gasteiger partial charge in [0, 0.05) is 54.6 Å². The smallest absolute Gasteiger partial charge is 0.236 e. The normalized spacial score (nSPS) is 13.9. The fourth-order valence-corrected chi connectivity index (χ4v) is 13.0. The van der Waals surface area contributed by atoms with Crippen molar-refractivity contribution in [3.05, 3.63) is 226 Å². The van der Waals surface area contributed by atoms with Gasteiger partial charge in [0.05, 0.1) is 26.0 Å². The highest BCUT2D eigenvalue weighted by Gasteiger charge is 2.42. The summed E-state index contributed by atoms with van der Waals surface area (Å²) >= 11 is 2.33. The standard InChI is InChI=1S/C33H22IN3O.C33H23N3O/c1-33(2)23-16-8-6-13-20(23)29-26(33)21-14-7-9-18-25(21)37(29)32-35-27(19-11-4-3-5-12-19)31-28(36-32)22-15-10-17-24(34)30(22)38-31;1-33(2)24-17-9-6-14-21(24)30-27(33)22-15-7-10-18-25(22)36(30)32-34-28(20-12-4-3-5-13-20)31-29(35-32)23-16-8-11-19-26(23)37-31/h3-18H,1-2H3;3-19H,1-2H3. The van der Waals surface area contributed by atoms with Crippen LogP contribution in [0, 0.1) is 3.57 Å². The van der Waals surface area contributed by atoms with Gasteiger partial charge in [-0.15, -0.1) is 0 Å². The summed E-state index contributed by atoms with van der Waals surface area (Å²) in [5.74, 6) is 1.31. The van der Waals surface area contributed by atoms with Crippen LogP contribution < -0.4 is 0 Å². The number of para-hydroxylation sites is 4. The van der Waals surface area contributed by atoms with Gasteiger partial charge in [0.15, 0.2) is 16.7 Å². The Morgan fingerprint density at radius 2 is 0.813 bits per heavy atom. The maximum atomic E-state index is 6.47. The Balaban J connectivity index is 0.000000132. The molecule has 6 heterocycles. The first-order valence-electron chi connectivity index (χ1n) is 25.3. The summed E-state index contributed by atoms with van der Waals surface area (Å²) in [5, 5.41) is 4.47. The fourth-order valence-electron chi connectivity index (χ4n) is 12.4. The third kappa shape index (κ3) is 6.28. The van der Waals surface area contributed by atoms with Crippen LogP contribution in [-0.2, 0) is 10.8 Å². The number of rotatable bonds is 4. The van der Waals surface area contributed by atoms with E-state index >= 15 is 0 Å².